The van der Waals surface area contributed by atoms with Gasteiger partial charge in [-0.25, -0.2) is 4.39 Å². The van der Waals surface area contributed by atoms with Gasteiger partial charge in [0.2, 0.25) is 0 Å². The molecule has 1 aliphatic rings. The molecule has 0 amide bonds. The highest BCUT2D eigenvalue weighted by molar-refractivity contribution is 9.10. The molecule has 0 aliphatic carbocycles. The second-order valence-electron chi connectivity index (χ2n) is 4.48. The highest BCUT2D eigenvalue weighted by Gasteiger charge is 2.32. The summed E-state index contributed by atoms with van der Waals surface area (Å²) in [4.78, 5) is 0. The van der Waals surface area contributed by atoms with Crippen molar-refractivity contribution in [1.82, 2.24) is 0 Å². The first-order valence-corrected chi connectivity index (χ1v) is 5.62. The Balaban J connectivity index is 2.51. The van der Waals surface area contributed by atoms with E-state index in [-0.39, 0.29) is 17.5 Å². The molecule has 82 valence electrons. The molecule has 2 rings (SSSR count). The molecular weight excluding hydrogens is 261 g/mol. The lowest BCUT2D eigenvalue weighted by Gasteiger charge is -2.36. The third-order valence-electron chi connectivity index (χ3n) is 2.55. The van der Waals surface area contributed by atoms with Crippen molar-refractivity contribution < 1.29 is 9.13 Å². The van der Waals surface area contributed by atoms with E-state index in [4.69, 9.17) is 10.5 Å². The Morgan fingerprint density at radius 1 is 1.53 bits per heavy atom. The minimum absolute atomic E-state index is 0.161. The Morgan fingerprint density at radius 3 is 2.87 bits per heavy atom. The van der Waals surface area contributed by atoms with E-state index in [1.165, 1.54) is 6.07 Å². The SMILES string of the molecule is CC1(C)CC(N)c2cc(F)c(Br)cc2O1. The van der Waals surface area contributed by atoms with Gasteiger partial charge in [-0.2, -0.15) is 0 Å². The zero-order valence-corrected chi connectivity index (χ0v) is 10.3. The zero-order valence-electron chi connectivity index (χ0n) is 8.68. The summed E-state index contributed by atoms with van der Waals surface area (Å²) in [5.41, 5.74) is 6.44. The van der Waals surface area contributed by atoms with E-state index in [0.29, 0.717) is 16.6 Å². The van der Waals surface area contributed by atoms with Gasteiger partial charge in [-0.15, -0.1) is 0 Å². The normalized spacial score (nSPS) is 23.1. The summed E-state index contributed by atoms with van der Waals surface area (Å²) < 4.78 is 19.5. The number of hydrogen-bond acceptors (Lipinski definition) is 2. The Hall–Kier alpha value is -0.610. The number of hydrogen-bond donors (Lipinski definition) is 1. The van der Waals surface area contributed by atoms with E-state index in [1.807, 2.05) is 13.8 Å². The van der Waals surface area contributed by atoms with Crippen molar-refractivity contribution in [2.45, 2.75) is 31.9 Å². The molecule has 0 radical (unpaired) electrons. The molecule has 1 aliphatic heterocycles. The first-order chi connectivity index (χ1) is 6.89. The third-order valence-corrected chi connectivity index (χ3v) is 3.16. The van der Waals surface area contributed by atoms with Crippen LogP contribution >= 0.6 is 15.9 Å². The number of halogens is 2. The van der Waals surface area contributed by atoms with Crippen molar-refractivity contribution in [2.75, 3.05) is 0 Å². The molecule has 0 aromatic heterocycles. The predicted molar refractivity (Wildman–Crippen MR) is 60.4 cm³/mol. The fourth-order valence-electron chi connectivity index (χ4n) is 1.90. The van der Waals surface area contributed by atoms with Gasteiger partial charge in [0.1, 0.15) is 17.2 Å². The van der Waals surface area contributed by atoms with Crippen LogP contribution in [0.3, 0.4) is 0 Å². The number of rotatable bonds is 0. The van der Waals surface area contributed by atoms with Crippen molar-refractivity contribution in [2.24, 2.45) is 5.73 Å². The van der Waals surface area contributed by atoms with Gasteiger partial charge in [-0.3, -0.25) is 0 Å². The summed E-state index contributed by atoms with van der Waals surface area (Å²) in [5.74, 6) is 0.375. The van der Waals surface area contributed by atoms with Gasteiger partial charge in [-0.1, -0.05) is 0 Å². The molecule has 2 N–H and O–H groups in total. The molecule has 4 heteroatoms. The Bertz CT molecular complexity index is 406. The van der Waals surface area contributed by atoms with Crippen LogP contribution in [0, 0.1) is 5.82 Å². The lowest BCUT2D eigenvalue weighted by atomic mass is 9.90. The highest BCUT2D eigenvalue weighted by atomic mass is 79.9. The van der Waals surface area contributed by atoms with Gasteiger partial charge >= 0.3 is 0 Å². The van der Waals surface area contributed by atoms with Crippen LogP contribution < -0.4 is 10.5 Å². The predicted octanol–water partition coefficient (Wildman–Crippen LogP) is 3.15. The molecule has 1 aromatic carbocycles. The molecule has 0 saturated carbocycles. The zero-order chi connectivity index (χ0) is 11.2. The van der Waals surface area contributed by atoms with Gasteiger partial charge in [0.15, 0.2) is 0 Å². The number of ether oxygens (including phenoxy) is 1. The van der Waals surface area contributed by atoms with Crippen LogP contribution in [0.15, 0.2) is 16.6 Å². The van der Waals surface area contributed by atoms with E-state index >= 15 is 0 Å². The molecule has 1 atom stereocenters. The fourth-order valence-corrected chi connectivity index (χ4v) is 2.22. The molecular formula is C11H13BrFNO. The Kier molecular flexibility index (Phi) is 2.51. The Morgan fingerprint density at radius 2 is 2.20 bits per heavy atom. The average molecular weight is 274 g/mol. The molecule has 0 saturated heterocycles. The largest absolute Gasteiger partial charge is 0.487 e. The maximum Gasteiger partial charge on any atom is 0.137 e. The quantitative estimate of drug-likeness (QED) is 0.788. The van der Waals surface area contributed by atoms with Crippen LogP contribution in [-0.2, 0) is 0 Å². The first-order valence-electron chi connectivity index (χ1n) is 4.82. The first kappa shape index (κ1) is 10.9. The van der Waals surface area contributed by atoms with E-state index < -0.39 is 0 Å². The maximum atomic E-state index is 13.3. The average Bonchev–Trinajstić information content (AvgIpc) is 2.07. The monoisotopic (exact) mass is 273 g/mol. The molecule has 1 aromatic rings. The van der Waals surface area contributed by atoms with Crippen molar-refractivity contribution in [3.8, 4) is 5.75 Å². The van der Waals surface area contributed by atoms with Gasteiger partial charge in [0.05, 0.1) is 4.47 Å². The summed E-state index contributed by atoms with van der Waals surface area (Å²) in [6.07, 6.45) is 0.696. The van der Waals surface area contributed by atoms with Crippen molar-refractivity contribution >= 4 is 15.9 Å². The molecule has 1 unspecified atom stereocenters. The fraction of sp³-hybridized carbons (Fsp3) is 0.455. The van der Waals surface area contributed by atoms with Crippen molar-refractivity contribution in [1.29, 1.82) is 0 Å². The number of nitrogens with two attached hydrogens (primary N) is 1. The number of benzene rings is 1. The second-order valence-corrected chi connectivity index (χ2v) is 5.33. The second kappa shape index (κ2) is 3.46. The molecule has 15 heavy (non-hydrogen) atoms. The van der Waals surface area contributed by atoms with Crippen LogP contribution in [0.4, 0.5) is 4.39 Å². The smallest absolute Gasteiger partial charge is 0.137 e. The van der Waals surface area contributed by atoms with Gasteiger partial charge < -0.3 is 10.5 Å². The molecule has 2 nitrogen and oxygen atoms in total. The summed E-state index contributed by atoms with van der Waals surface area (Å²) in [5, 5.41) is 0. The van der Waals surface area contributed by atoms with Crippen LogP contribution in [-0.4, -0.2) is 5.60 Å². The van der Waals surface area contributed by atoms with E-state index in [9.17, 15) is 4.39 Å². The lowest BCUT2D eigenvalue weighted by Crippen LogP contribution is -2.37. The lowest BCUT2D eigenvalue weighted by molar-refractivity contribution is 0.0725. The molecule has 0 bridgehead atoms. The number of fused-ring (bicyclic) bond motifs is 1. The maximum absolute atomic E-state index is 13.3. The summed E-state index contributed by atoms with van der Waals surface area (Å²) in [6.45, 7) is 3.96. The molecule has 0 spiro atoms. The van der Waals surface area contributed by atoms with Crippen LogP contribution in [0.1, 0.15) is 31.9 Å². The van der Waals surface area contributed by atoms with Crippen molar-refractivity contribution in [3.63, 3.8) is 0 Å². The summed E-state index contributed by atoms with van der Waals surface area (Å²) in [6, 6.07) is 2.93. The molecule has 1 heterocycles. The highest BCUT2D eigenvalue weighted by Crippen LogP contribution is 2.40. The van der Waals surface area contributed by atoms with Crippen molar-refractivity contribution in [3.05, 3.63) is 28.0 Å². The van der Waals surface area contributed by atoms with E-state index in [1.54, 1.807) is 6.07 Å². The van der Waals surface area contributed by atoms with Gasteiger partial charge in [-0.05, 0) is 41.9 Å². The van der Waals surface area contributed by atoms with Crippen LogP contribution in [0.5, 0.6) is 5.75 Å². The topological polar surface area (TPSA) is 35.2 Å². The van der Waals surface area contributed by atoms with Crippen LogP contribution in [0.2, 0.25) is 0 Å². The van der Waals surface area contributed by atoms with Crippen LogP contribution in [0.25, 0.3) is 0 Å². The van der Waals surface area contributed by atoms with E-state index in [2.05, 4.69) is 15.9 Å². The Labute approximate surface area is 96.7 Å². The van der Waals surface area contributed by atoms with Gasteiger partial charge in [0, 0.05) is 18.0 Å². The van der Waals surface area contributed by atoms with Gasteiger partial charge in [0.25, 0.3) is 0 Å². The standard InChI is InChI=1S/C11H13BrFNO/c1-11(2)5-9(14)6-3-8(13)7(12)4-10(6)15-11/h3-4,9H,5,14H2,1-2H3. The molecule has 0 fully saturated rings. The van der Waals surface area contributed by atoms with E-state index in [0.717, 1.165) is 5.56 Å². The minimum Gasteiger partial charge on any atom is -0.487 e. The minimum atomic E-state index is -0.299. The summed E-state index contributed by atoms with van der Waals surface area (Å²) >= 11 is 3.14. The summed E-state index contributed by atoms with van der Waals surface area (Å²) in [7, 11) is 0. The third kappa shape index (κ3) is 2.01.